The molecule has 0 aliphatic rings. The Balaban J connectivity index is 2.87. The first-order valence-corrected chi connectivity index (χ1v) is 6.12. The van der Waals surface area contributed by atoms with Crippen LogP contribution in [-0.4, -0.2) is 23.6 Å². The van der Waals surface area contributed by atoms with Crippen molar-refractivity contribution in [2.24, 2.45) is 0 Å². The fourth-order valence-electron chi connectivity index (χ4n) is 1.77. The number of esters is 1. The van der Waals surface area contributed by atoms with E-state index in [9.17, 15) is 4.79 Å². The van der Waals surface area contributed by atoms with Gasteiger partial charge in [0.05, 0.1) is 12.7 Å². The number of rotatable bonds is 6. The van der Waals surface area contributed by atoms with Gasteiger partial charge in [-0.15, -0.1) is 0 Å². The van der Waals surface area contributed by atoms with Crippen molar-refractivity contribution in [2.75, 3.05) is 7.11 Å². The number of carbonyl (C=O) groups is 1. The largest absolute Gasteiger partial charge is 0.460 e. The fraction of sp³-hybridized carbons (Fsp3) is 0.429. The lowest BCUT2D eigenvalue weighted by Crippen LogP contribution is -2.18. The van der Waals surface area contributed by atoms with Gasteiger partial charge < -0.3 is 10.3 Å². The molecule has 0 radical (unpaired) electrons. The molecule has 0 aliphatic heterocycles. The smallest absolute Gasteiger partial charge is 0.422 e. The Morgan fingerprint density at radius 3 is 2.78 bits per heavy atom. The van der Waals surface area contributed by atoms with E-state index < -0.39 is 5.97 Å². The van der Waals surface area contributed by atoms with Crippen LogP contribution in [-0.2, 0) is 16.0 Å². The molecule has 18 heavy (non-hydrogen) atoms. The van der Waals surface area contributed by atoms with Gasteiger partial charge in [-0.25, -0.2) is 4.79 Å². The van der Waals surface area contributed by atoms with Crippen molar-refractivity contribution in [3.8, 4) is 0 Å². The van der Waals surface area contributed by atoms with Crippen molar-refractivity contribution in [2.45, 2.75) is 32.6 Å². The van der Waals surface area contributed by atoms with Crippen LogP contribution in [0.15, 0.2) is 24.3 Å². The maximum absolute atomic E-state index is 11.4. The molecular formula is C14H18N2O2. The van der Waals surface area contributed by atoms with Crippen LogP contribution < -0.4 is 0 Å². The van der Waals surface area contributed by atoms with E-state index in [0.29, 0.717) is 5.56 Å². The molecule has 0 unspecified atom stereocenters. The minimum atomic E-state index is -0.636. The van der Waals surface area contributed by atoms with E-state index in [0.717, 1.165) is 18.4 Å². The van der Waals surface area contributed by atoms with E-state index in [1.54, 1.807) is 6.07 Å². The van der Waals surface area contributed by atoms with E-state index >= 15 is 0 Å². The van der Waals surface area contributed by atoms with Gasteiger partial charge in [-0.1, -0.05) is 31.9 Å². The summed E-state index contributed by atoms with van der Waals surface area (Å²) in [6.45, 7) is 2.16. The monoisotopic (exact) mass is 246 g/mol. The van der Waals surface area contributed by atoms with E-state index in [1.165, 1.54) is 20.0 Å². The molecule has 0 fully saturated rings. The second-order valence-corrected chi connectivity index (χ2v) is 4.10. The standard InChI is InChI=1S/C14H18N2O2/c1-3-4-5-7-11-8-6-9-12(10-11)13(16-15)14(17)18-2/h6,8-10H,3-5,7H2,1-2H3. The van der Waals surface area contributed by atoms with Crippen LogP contribution in [0.1, 0.15) is 37.3 Å². The fourth-order valence-corrected chi connectivity index (χ4v) is 1.77. The summed E-state index contributed by atoms with van der Waals surface area (Å²) in [5.41, 5.74) is 10.5. The Labute approximate surface area is 107 Å². The molecule has 0 bridgehead atoms. The molecule has 1 aromatic carbocycles. The Kier molecular flexibility index (Phi) is 5.81. The third-order valence-electron chi connectivity index (χ3n) is 2.75. The highest BCUT2D eigenvalue weighted by Crippen LogP contribution is 2.10. The predicted molar refractivity (Wildman–Crippen MR) is 69.4 cm³/mol. The first-order valence-electron chi connectivity index (χ1n) is 6.12. The molecule has 0 saturated heterocycles. The summed E-state index contributed by atoms with van der Waals surface area (Å²) in [5.74, 6) is -0.636. The average molecular weight is 246 g/mol. The molecule has 0 aliphatic carbocycles. The van der Waals surface area contributed by atoms with E-state index in [1.807, 2.05) is 18.2 Å². The summed E-state index contributed by atoms with van der Waals surface area (Å²) in [7, 11) is 1.26. The lowest BCUT2D eigenvalue weighted by molar-refractivity contribution is -0.137. The molecule has 0 heterocycles. The summed E-state index contributed by atoms with van der Waals surface area (Å²) >= 11 is 0. The minimum Gasteiger partial charge on any atom is -0.460 e. The SMILES string of the molecule is CCCCCc1cccc(C(=[N+]=[N-])C(=O)OC)c1. The van der Waals surface area contributed by atoms with Gasteiger partial charge >= 0.3 is 11.7 Å². The first-order chi connectivity index (χ1) is 8.72. The number of hydrogen-bond acceptors (Lipinski definition) is 2. The normalized spacial score (nSPS) is 9.67. The summed E-state index contributed by atoms with van der Waals surface area (Å²) in [4.78, 5) is 14.4. The molecule has 96 valence electrons. The average Bonchev–Trinajstić information content (AvgIpc) is 2.40. The molecule has 0 spiro atoms. The number of carbonyl (C=O) groups excluding carboxylic acids is 1. The molecule has 4 heteroatoms. The van der Waals surface area contributed by atoms with Gasteiger partial charge in [0.25, 0.3) is 0 Å². The first kappa shape index (κ1) is 14.1. The lowest BCUT2D eigenvalue weighted by Gasteiger charge is -2.02. The van der Waals surface area contributed by atoms with Gasteiger partial charge in [0, 0.05) is 0 Å². The van der Waals surface area contributed by atoms with Crippen molar-refractivity contribution < 1.29 is 14.3 Å². The minimum absolute atomic E-state index is 0.0603. The van der Waals surface area contributed by atoms with E-state index in [4.69, 9.17) is 5.53 Å². The number of hydrogen-bond donors (Lipinski definition) is 0. The van der Waals surface area contributed by atoms with Gasteiger partial charge in [0.1, 0.15) is 0 Å². The third kappa shape index (κ3) is 3.82. The Bertz CT molecular complexity index is 463. The quantitative estimate of drug-likeness (QED) is 0.254. The molecule has 0 saturated carbocycles. The van der Waals surface area contributed by atoms with Gasteiger partial charge in [-0.2, -0.15) is 4.79 Å². The number of benzene rings is 1. The molecule has 0 aromatic heterocycles. The Hall–Kier alpha value is -1.93. The molecule has 0 atom stereocenters. The Morgan fingerprint density at radius 1 is 1.39 bits per heavy atom. The zero-order valence-corrected chi connectivity index (χ0v) is 10.8. The summed E-state index contributed by atoms with van der Waals surface area (Å²) < 4.78 is 4.57. The van der Waals surface area contributed by atoms with Crippen LogP contribution in [0.3, 0.4) is 0 Å². The zero-order chi connectivity index (χ0) is 13.4. The second-order valence-electron chi connectivity index (χ2n) is 4.10. The maximum Gasteiger partial charge on any atom is 0.422 e. The van der Waals surface area contributed by atoms with Crippen LogP contribution >= 0.6 is 0 Å². The highest BCUT2D eigenvalue weighted by Gasteiger charge is 2.23. The molecule has 0 amide bonds. The number of nitrogens with zero attached hydrogens (tertiary/aromatic N) is 2. The topological polar surface area (TPSA) is 62.7 Å². The van der Waals surface area contributed by atoms with Gasteiger partial charge in [-0.3, -0.25) is 0 Å². The number of methoxy groups -OCH3 is 1. The zero-order valence-electron chi connectivity index (χ0n) is 10.8. The van der Waals surface area contributed by atoms with Crippen molar-refractivity contribution in [3.63, 3.8) is 0 Å². The number of unbranched alkanes of at least 4 members (excludes halogenated alkanes) is 2. The van der Waals surface area contributed by atoms with Crippen LogP contribution in [0, 0.1) is 0 Å². The van der Waals surface area contributed by atoms with Crippen molar-refractivity contribution in [3.05, 3.63) is 40.9 Å². The Morgan fingerprint density at radius 2 is 2.17 bits per heavy atom. The van der Waals surface area contributed by atoms with Crippen molar-refractivity contribution >= 4 is 11.7 Å². The molecule has 1 aromatic rings. The number of ether oxygens (including phenoxy) is 1. The van der Waals surface area contributed by atoms with Crippen LogP contribution in [0.4, 0.5) is 0 Å². The van der Waals surface area contributed by atoms with Gasteiger partial charge in [-0.05, 0) is 30.5 Å². The van der Waals surface area contributed by atoms with E-state index in [-0.39, 0.29) is 5.71 Å². The third-order valence-corrected chi connectivity index (χ3v) is 2.75. The van der Waals surface area contributed by atoms with Crippen LogP contribution in [0.2, 0.25) is 0 Å². The summed E-state index contributed by atoms with van der Waals surface area (Å²) in [6.07, 6.45) is 4.43. The van der Waals surface area contributed by atoms with Gasteiger partial charge in [0.15, 0.2) is 0 Å². The second kappa shape index (κ2) is 7.41. The van der Waals surface area contributed by atoms with Crippen LogP contribution in [0.25, 0.3) is 5.53 Å². The highest BCUT2D eigenvalue weighted by molar-refractivity contribution is 6.40. The molecule has 1 rings (SSSR count). The molecule has 0 N–H and O–H groups in total. The van der Waals surface area contributed by atoms with Gasteiger partial charge in [0.2, 0.25) is 0 Å². The van der Waals surface area contributed by atoms with Crippen molar-refractivity contribution in [1.82, 2.24) is 0 Å². The number of aryl methyl sites for hydroxylation is 1. The summed E-state index contributed by atoms with van der Waals surface area (Å²) in [6, 6.07) is 7.45. The lowest BCUT2D eigenvalue weighted by atomic mass is 10.0. The molecular weight excluding hydrogens is 228 g/mol. The highest BCUT2D eigenvalue weighted by atomic mass is 16.5. The maximum atomic E-state index is 11.4. The molecule has 4 nitrogen and oxygen atoms in total. The van der Waals surface area contributed by atoms with Crippen molar-refractivity contribution in [1.29, 1.82) is 0 Å². The van der Waals surface area contributed by atoms with E-state index in [2.05, 4.69) is 16.5 Å². The predicted octanol–water partition coefficient (Wildman–Crippen LogP) is 2.61. The summed E-state index contributed by atoms with van der Waals surface area (Å²) in [5, 5.41) is 0. The van der Waals surface area contributed by atoms with Crippen LogP contribution in [0.5, 0.6) is 0 Å².